The number of nitrogens with zero attached hydrogens (tertiary/aromatic N) is 2. The van der Waals surface area contributed by atoms with E-state index in [1.165, 1.54) is 6.42 Å². The molecule has 2 aromatic rings. The number of para-hydroxylation sites is 2. The molecule has 28 heavy (non-hydrogen) atoms. The average molecular weight is 493 g/mol. The Morgan fingerprint density at radius 1 is 1.14 bits per heavy atom. The topological polar surface area (TPSA) is 46.1 Å². The molecule has 2 aromatic carbocycles. The van der Waals surface area contributed by atoms with Gasteiger partial charge in [0.25, 0.3) is 0 Å². The van der Waals surface area contributed by atoms with Crippen molar-refractivity contribution in [2.24, 2.45) is 10.4 Å². The largest absolute Gasteiger partial charge is 0.457 e. The van der Waals surface area contributed by atoms with E-state index in [1.54, 1.807) is 0 Å². The van der Waals surface area contributed by atoms with Gasteiger partial charge in [-0.2, -0.15) is 0 Å². The number of aliphatic imine (C=N–C) groups is 1. The van der Waals surface area contributed by atoms with Crippen molar-refractivity contribution in [2.45, 2.75) is 19.4 Å². The third-order valence-corrected chi connectivity index (χ3v) is 5.52. The molecule has 5 nitrogen and oxygen atoms in total. The zero-order valence-electron chi connectivity index (χ0n) is 16.3. The highest BCUT2D eigenvalue weighted by atomic mass is 127. The van der Waals surface area contributed by atoms with Crippen LogP contribution in [0.25, 0.3) is 0 Å². The Morgan fingerprint density at radius 2 is 1.93 bits per heavy atom. The first-order valence-corrected chi connectivity index (χ1v) is 9.62. The SMILES string of the molecule is CN=C(NCc1ccccc1Oc1ccccc1)N1CCC2(CCOC2)C1.I. The van der Waals surface area contributed by atoms with Crippen molar-refractivity contribution in [2.75, 3.05) is 33.4 Å². The fraction of sp³-hybridized carbons (Fsp3) is 0.409. The van der Waals surface area contributed by atoms with Crippen molar-refractivity contribution >= 4 is 29.9 Å². The van der Waals surface area contributed by atoms with Gasteiger partial charge in [-0.3, -0.25) is 4.99 Å². The van der Waals surface area contributed by atoms with Gasteiger partial charge in [0.15, 0.2) is 5.96 Å². The second kappa shape index (κ2) is 9.60. The molecule has 2 fully saturated rings. The maximum atomic E-state index is 6.07. The third-order valence-electron chi connectivity index (χ3n) is 5.52. The summed E-state index contributed by atoms with van der Waals surface area (Å²) in [5.74, 6) is 2.67. The molecule has 1 atom stereocenters. The molecule has 4 rings (SSSR count). The number of likely N-dealkylation sites (tertiary alicyclic amines) is 1. The van der Waals surface area contributed by atoms with Crippen LogP contribution in [0.5, 0.6) is 11.5 Å². The van der Waals surface area contributed by atoms with E-state index in [9.17, 15) is 0 Å². The van der Waals surface area contributed by atoms with Crippen LogP contribution in [0.2, 0.25) is 0 Å². The van der Waals surface area contributed by atoms with Gasteiger partial charge < -0.3 is 19.7 Å². The normalized spacial score (nSPS) is 21.6. The van der Waals surface area contributed by atoms with Gasteiger partial charge in [-0.05, 0) is 31.0 Å². The van der Waals surface area contributed by atoms with E-state index in [2.05, 4.69) is 21.3 Å². The number of halogens is 1. The minimum atomic E-state index is 0. The van der Waals surface area contributed by atoms with Gasteiger partial charge in [-0.25, -0.2) is 0 Å². The molecule has 1 unspecified atom stereocenters. The Morgan fingerprint density at radius 3 is 2.68 bits per heavy atom. The summed E-state index contributed by atoms with van der Waals surface area (Å²) in [7, 11) is 1.85. The lowest BCUT2D eigenvalue weighted by atomic mass is 9.87. The van der Waals surface area contributed by atoms with Crippen molar-refractivity contribution in [1.29, 1.82) is 0 Å². The highest BCUT2D eigenvalue weighted by molar-refractivity contribution is 14.0. The Labute approximate surface area is 184 Å². The summed E-state index contributed by atoms with van der Waals surface area (Å²) in [6, 6.07) is 18.0. The molecule has 2 heterocycles. The second-order valence-corrected chi connectivity index (χ2v) is 7.40. The minimum Gasteiger partial charge on any atom is -0.457 e. The van der Waals surface area contributed by atoms with Crippen LogP contribution in [0.3, 0.4) is 0 Å². The molecule has 150 valence electrons. The van der Waals surface area contributed by atoms with Crippen LogP contribution < -0.4 is 10.1 Å². The van der Waals surface area contributed by atoms with Gasteiger partial charge >= 0.3 is 0 Å². The molecule has 0 bridgehead atoms. The van der Waals surface area contributed by atoms with E-state index < -0.39 is 0 Å². The van der Waals surface area contributed by atoms with Crippen molar-refractivity contribution in [1.82, 2.24) is 10.2 Å². The summed E-state index contributed by atoms with van der Waals surface area (Å²) in [4.78, 5) is 6.86. The van der Waals surface area contributed by atoms with Crippen LogP contribution in [-0.2, 0) is 11.3 Å². The molecule has 0 saturated carbocycles. The van der Waals surface area contributed by atoms with E-state index in [-0.39, 0.29) is 24.0 Å². The number of hydrogen-bond donors (Lipinski definition) is 1. The lowest BCUT2D eigenvalue weighted by molar-refractivity contribution is 0.156. The maximum absolute atomic E-state index is 6.07. The van der Waals surface area contributed by atoms with Crippen LogP contribution in [0.4, 0.5) is 0 Å². The van der Waals surface area contributed by atoms with Crippen molar-refractivity contribution in [3.05, 3.63) is 60.2 Å². The van der Waals surface area contributed by atoms with E-state index in [4.69, 9.17) is 9.47 Å². The molecule has 2 saturated heterocycles. The minimum absolute atomic E-state index is 0. The Kier molecular flexibility index (Phi) is 7.18. The summed E-state index contributed by atoms with van der Waals surface area (Å²) >= 11 is 0. The third kappa shape index (κ3) is 4.78. The Hall–Kier alpha value is -1.80. The van der Waals surface area contributed by atoms with Crippen LogP contribution in [0.1, 0.15) is 18.4 Å². The summed E-state index contributed by atoms with van der Waals surface area (Å²) < 4.78 is 11.7. The highest BCUT2D eigenvalue weighted by Crippen LogP contribution is 2.38. The van der Waals surface area contributed by atoms with Gasteiger partial charge in [-0.1, -0.05) is 36.4 Å². The summed E-state index contributed by atoms with van der Waals surface area (Å²) in [6.45, 7) is 4.51. The molecule has 2 aliphatic heterocycles. The molecule has 0 aliphatic carbocycles. The summed E-state index contributed by atoms with van der Waals surface area (Å²) in [5.41, 5.74) is 1.44. The van der Waals surface area contributed by atoms with Crippen molar-refractivity contribution in [3.8, 4) is 11.5 Å². The summed E-state index contributed by atoms with van der Waals surface area (Å²) in [5, 5.41) is 3.52. The molecule has 1 spiro atoms. The van der Waals surface area contributed by atoms with Gasteiger partial charge in [0.2, 0.25) is 0 Å². The zero-order chi connectivity index (χ0) is 18.5. The molecule has 1 N–H and O–H groups in total. The van der Waals surface area contributed by atoms with Crippen molar-refractivity contribution in [3.63, 3.8) is 0 Å². The van der Waals surface area contributed by atoms with Crippen LogP contribution in [0.15, 0.2) is 59.6 Å². The number of nitrogens with one attached hydrogen (secondary N) is 1. The molecule has 2 aliphatic rings. The number of ether oxygens (including phenoxy) is 2. The van der Waals surface area contributed by atoms with Gasteiger partial charge in [0, 0.05) is 44.3 Å². The lowest BCUT2D eigenvalue weighted by Gasteiger charge is -2.25. The number of rotatable bonds is 4. The first kappa shape index (κ1) is 20.9. The van der Waals surface area contributed by atoms with Gasteiger partial charge in [-0.15, -0.1) is 24.0 Å². The molecule has 6 heteroatoms. The predicted octanol–water partition coefficient (Wildman–Crippen LogP) is 4.28. The zero-order valence-corrected chi connectivity index (χ0v) is 18.6. The fourth-order valence-electron chi connectivity index (χ4n) is 3.96. The monoisotopic (exact) mass is 493 g/mol. The number of hydrogen-bond acceptors (Lipinski definition) is 3. The van der Waals surface area contributed by atoms with Crippen LogP contribution in [-0.4, -0.2) is 44.2 Å². The molecular formula is C22H28IN3O2. The molecule has 0 radical (unpaired) electrons. The van der Waals surface area contributed by atoms with Gasteiger partial charge in [0.05, 0.1) is 6.61 Å². The first-order chi connectivity index (χ1) is 13.3. The predicted molar refractivity (Wildman–Crippen MR) is 123 cm³/mol. The van der Waals surface area contributed by atoms with E-state index >= 15 is 0 Å². The van der Waals surface area contributed by atoms with Crippen LogP contribution >= 0.6 is 24.0 Å². The molecular weight excluding hydrogens is 465 g/mol. The number of guanidine groups is 1. The van der Waals surface area contributed by atoms with Crippen LogP contribution in [0, 0.1) is 5.41 Å². The quantitative estimate of drug-likeness (QED) is 0.393. The Balaban J connectivity index is 0.00000225. The van der Waals surface area contributed by atoms with Crippen molar-refractivity contribution < 1.29 is 9.47 Å². The van der Waals surface area contributed by atoms with E-state index in [0.717, 1.165) is 55.7 Å². The molecule has 0 amide bonds. The standard InChI is InChI=1S/C22H27N3O2.HI/c1-23-21(25-13-11-22(16-25)12-14-26-17-22)24-15-18-7-5-6-10-20(18)27-19-8-3-2-4-9-19;/h2-10H,11-17H2,1H3,(H,23,24);1H. The Bertz CT molecular complexity index is 791. The fourth-order valence-corrected chi connectivity index (χ4v) is 3.96. The summed E-state index contributed by atoms with van der Waals surface area (Å²) in [6.07, 6.45) is 2.34. The van der Waals surface area contributed by atoms with E-state index in [0.29, 0.717) is 12.0 Å². The smallest absolute Gasteiger partial charge is 0.193 e. The average Bonchev–Trinajstić information content (AvgIpc) is 3.34. The highest BCUT2D eigenvalue weighted by Gasteiger charge is 2.42. The first-order valence-electron chi connectivity index (χ1n) is 9.62. The second-order valence-electron chi connectivity index (χ2n) is 7.40. The van der Waals surface area contributed by atoms with E-state index in [1.807, 2.05) is 55.6 Å². The maximum Gasteiger partial charge on any atom is 0.193 e. The van der Waals surface area contributed by atoms with Gasteiger partial charge in [0.1, 0.15) is 11.5 Å². The lowest BCUT2D eigenvalue weighted by Crippen LogP contribution is -2.41. The number of benzene rings is 2. The molecule has 0 aromatic heterocycles.